The van der Waals surface area contributed by atoms with Gasteiger partial charge in [0, 0.05) is 37.3 Å². The number of carbonyl (C=O) groups excluding carboxylic acids is 1. The van der Waals surface area contributed by atoms with Crippen molar-refractivity contribution in [2.45, 2.75) is 13.8 Å². The molecule has 1 fully saturated rings. The Morgan fingerprint density at radius 3 is 2.50 bits per heavy atom. The molecule has 1 saturated heterocycles. The molecule has 2 heterocycles. The van der Waals surface area contributed by atoms with Gasteiger partial charge in [-0.15, -0.1) is 0 Å². The van der Waals surface area contributed by atoms with Gasteiger partial charge in [0.25, 0.3) is 5.91 Å². The van der Waals surface area contributed by atoms with Gasteiger partial charge >= 0.3 is 0 Å². The van der Waals surface area contributed by atoms with Crippen molar-refractivity contribution in [3.63, 3.8) is 0 Å². The van der Waals surface area contributed by atoms with Crippen molar-refractivity contribution >= 4 is 28.3 Å². The van der Waals surface area contributed by atoms with E-state index in [1.54, 1.807) is 0 Å². The fourth-order valence-electron chi connectivity index (χ4n) is 3.63. The first-order valence-corrected chi connectivity index (χ1v) is 10.3. The zero-order valence-corrected chi connectivity index (χ0v) is 17.8. The van der Waals surface area contributed by atoms with Gasteiger partial charge in [-0.1, -0.05) is 17.7 Å². The summed E-state index contributed by atoms with van der Waals surface area (Å²) >= 11 is 0. The number of amides is 1. The Kier molecular flexibility index (Phi) is 5.86. The second-order valence-electron chi connectivity index (χ2n) is 7.97. The lowest BCUT2D eigenvalue weighted by Crippen LogP contribution is -2.44. The summed E-state index contributed by atoms with van der Waals surface area (Å²) < 4.78 is 5.56. The summed E-state index contributed by atoms with van der Waals surface area (Å²) in [6.07, 6.45) is 0. The maximum Gasteiger partial charge on any atom is 0.262 e. The zero-order chi connectivity index (χ0) is 21.1. The van der Waals surface area contributed by atoms with Crippen molar-refractivity contribution in [2.24, 2.45) is 0 Å². The summed E-state index contributed by atoms with van der Waals surface area (Å²) in [5.41, 5.74) is 4.00. The lowest BCUT2D eigenvalue weighted by atomic mass is 10.1. The van der Waals surface area contributed by atoms with Crippen molar-refractivity contribution in [2.75, 3.05) is 50.1 Å². The van der Waals surface area contributed by atoms with Gasteiger partial charge in [-0.05, 0) is 62.9 Å². The highest BCUT2D eigenvalue weighted by Crippen LogP contribution is 2.26. The molecular formula is C24H28N4O2. The standard InChI is InChI=1S/C24H28N4O2/c1-17-4-7-20(8-5-17)30-16-24(29)25-19-6-9-22-21(15-19)18(2)14-23(26-22)28-12-10-27(3)11-13-28/h4-9,14-15H,10-13,16H2,1-3H3,(H,25,29). The van der Waals surface area contributed by atoms with Crippen LogP contribution in [0.25, 0.3) is 10.9 Å². The molecule has 30 heavy (non-hydrogen) atoms. The van der Waals surface area contributed by atoms with Crippen LogP contribution in [0.3, 0.4) is 0 Å². The lowest BCUT2D eigenvalue weighted by molar-refractivity contribution is -0.118. The first kappa shape index (κ1) is 20.2. The number of fused-ring (bicyclic) bond motifs is 1. The van der Waals surface area contributed by atoms with Crippen LogP contribution in [0.1, 0.15) is 11.1 Å². The van der Waals surface area contributed by atoms with E-state index >= 15 is 0 Å². The number of ether oxygens (including phenoxy) is 1. The van der Waals surface area contributed by atoms with Crippen molar-refractivity contribution in [1.82, 2.24) is 9.88 Å². The number of rotatable bonds is 5. The SMILES string of the molecule is Cc1ccc(OCC(=O)Nc2ccc3nc(N4CCN(C)CC4)cc(C)c3c2)cc1. The first-order chi connectivity index (χ1) is 14.5. The number of aryl methyl sites for hydroxylation is 2. The highest BCUT2D eigenvalue weighted by molar-refractivity contribution is 5.95. The fraction of sp³-hybridized carbons (Fsp3) is 0.333. The molecule has 1 amide bonds. The van der Waals surface area contributed by atoms with E-state index in [1.165, 1.54) is 0 Å². The molecule has 1 N–H and O–H groups in total. The largest absolute Gasteiger partial charge is 0.484 e. The number of hydrogen-bond acceptors (Lipinski definition) is 5. The minimum Gasteiger partial charge on any atom is -0.484 e. The first-order valence-electron chi connectivity index (χ1n) is 10.3. The average molecular weight is 405 g/mol. The lowest BCUT2D eigenvalue weighted by Gasteiger charge is -2.33. The van der Waals surface area contributed by atoms with Gasteiger partial charge in [0.2, 0.25) is 0 Å². The van der Waals surface area contributed by atoms with Crippen molar-refractivity contribution in [3.8, 4) is 5.75 Å². The highest BCUT2D eigenvalue weighted by Gasteiger charge is 2.16. The molecule has 6 heteroatoms. The van der Waals surface area contributed by atoms with Gasteiger partial charge in [0.15, 0.2) is 6.61 Å². The van der Waals surface area contributed by atoms with Gasteiger partial charge < -0.3 is 19.9 Å². The number of aromatic nitrogens is 1. The quantitative estimate of drug-likeness (QED) is 0.704. The summed E-state index contributed by atoms with van der Waals surface area (Å²) in [6, 6.07) is 15.6. The maximum absolute atomic E-state index is 12.3. The molecule has 4 rings (SSSR count). The Balaban J connectivity index is 1.43. The number of nitrogens with zero attached hydrogens (tertiary/aromatic N) is 3. The number of benzene rings is 2. The Morgan fingerprint density at radius 2 is 1.77 bits per heavy atom. The van der Waals surface area contributed by atoms with E-state index in [0.29, 0.717) is 5.75 Å². The van der Waals surface area contributed by atoms with Gasteiger partial charge in [-0.3, -0.25) is 4.79 Å². The molecule has 0 aliphatic carbocycles. The normalized spacial score (nSPS) is 14.7. The van der Waals surface area contributed by atoms with E-state index in [2.05, 4.69) is 35.2 Å². The smallest absolute Gasteiger partial charge is 0.262 e. The van der Waals surface area contributed by atoms with Gasteiger partial charge in [-0.25, -0.2) is 4.98 Å². The monoisotopic (exact) mass is 404 g/mol. The van der Waals surface area contributed by atoms with Crippen LogP contribution in [0.4, 0.5) is 11.5 Å². The fourth-order valence-corrected chi connectivity index (χ4v) is 3.63. The van der Waals surface area contributed by atoms with Crippen molar-refractivity contribution in [3.05, 3.63) is 59.7 Å². The second-order valence-corrected chi connectivity index (χ2v) is 7.97. The second kappa shape index (κ2) is 8.71. The topological polar surface area (TPSA) is 57.7 Å². The predicted octanol–water partition coefficient (Wildman–Crippen LogP) is 3.62. The van der Waals surface area contributed by atoms with Crippen LogP contribution >= 0.6 is 0 Å². The van der Waals surface area contributed by atoms with Crippen LogP contribution in [0.5, 0.6) is 5.75 Å². The Bertz CT molecular complexity index is 1040. The number of anilines is 2. The molecule has 0 saturated carbocycles. The molecule has 0 bridgehead atoms. The number of hydrogen-bond donors (Lipinski definition) is 1. The van der Waals surface area contributed by atoms with E-state index in [-0.39, 0.29) is 12.5 Å². The third-order valence-corrected chi connectivity index (χ3v) is 5.50. The molecule has 156 valence electrons. The predicted molar refractivity (Wildman–Crippen MR) is 121 cm³/mol. The van der Waals surface area contributed by atoms with Crippen molar-refractivity contribution in [1.29, 1.82) is 0 Å². The number of carbonyl (C=O) groups is 1. The van der Waals surface area contributed by atoms with E-state index in [1.807, 2.05) is 49.4 Å². The minimum absolute atomic E-state index is 0.0271. The molecule has 2 aromatic carbocycles. The summed E-state index contributed by atoms with van der Waals surface area (Å²) in [6.45, 7) is 8.16. The third-order valence-electron chi connectivity index (χ3n) is 5.50. The number of piperazine rings is 1. The minimum atomic E-state index is -0.186. The highest BCUT2D eigenvalue weighted by atomic mass is 16.5. The molecule has 1 aliphatic rings. The summed E-state index contributed by atoms with van der Waals surface area (Å²) in [5.74, 6) is 1.52. The molecule has 0 unspecified atom stereocenters. The third kappa shape index (κ3) is 4.71. The van der Waals surface area contributed by atoms with Gasteiger partial charge in [0.1, 0.15) is 11.6 Å². The van der Waals surface area contributed by atoms with Crippen LogP contribution < -0.4 is 15.0 Å². The van der Waals surface area contributed by atoms with Crippen LogP contribution in [0.15, 0.2) is 48.5 Å². The Hall–Kier alpha value is -3.12. The van der Waals surface area contributed by atoms with E-state index in [9.17, 15) is 4.79 Å². The maximum atomic E-state index is 12.3. The summed E-state index contributed by atoms with van der Waals surface area (Å²) in [7, 11) is 2.15. The van der Waals surface area contributed by atoms with Crippen LogP contribution in [0, 0.1) is 13.8 Å². The van der Waals surface area contributed by atoms with E-state index < -0.39 is 0 Å². The Labute approximate surface area is 177 Å². The number of nitrogens with one attached hydrogen (secondary N) is 1. The molecular weight excluding hydrogens is 376 g/mol. The molecule has 1 aromatic heterocycles. The van der Waals surface area contributed by atoms with Crippen LogP contribution in [-0.4, -0.2) is 55.6 Å². The molecule has 0 atom stereocenters. The van der Waals surface area contributed by atoms with Gasteiger partial charge in [-0.2, -0.15) is 0 Å². The molecule has 3 aromatic rings. The van der Waals surface area contributed by atoms with Gasteiger partial charge in [0.05, 0.1) is 5.52 Å². The van der Waals surface area contributed by atoms with Crippen LogP contribution in [0.2, 0.25) is 0 Å². The summed E-state index contributed by atoms with van der Waals surface area (Å²) in [5, 5.41) is 3.96. The Morgan fingerprint density at radius 1 is 1.03 bits per heavy atom. The van der Waals surface area contributed by atoms with Crippen LogP contribution in [-0.2, 0) is 4.79 Å². The molecule has 6 nitrogen and oxygen atoms in total. The molecule has 0 radical (unpaired) electrons. The van der Waals surface area contributed by atoms with Crippen molar-refractivity contribution < 1.29 is 9.53 Å². The van der Waals surface area contributed by atoms with E-state index in [4.69, 9.17) is 9.72 Å². The number of pyridine rings is 1. The molecule has 0 spiro atoms. The van der Waals surface area contributed by atoms with E-state index in [0.717, 1.165) is 59.7 Å². The number of likely N-dealkylation sites (N-methyl/N-ethyl adjacent to an activating group) is 1. The summed E-state index contributed by atoms with van der Waals surface area (Å²) in [4.78, 5) is 21.8. The zero-order valence-electron chi connectivity index (χ0n) is 17.8. The molecule has 1 aliphatic heterocycles. The average Bonchev–Trinajstić information content (AvgIpc) is 2.74.